The molecule has 2 N–H and O–H groups in total. The van der Waals surface area contributed by atoms with E-state index in [-0.39, 0.29) is 11.5 Å². The molecular weight excluding hydrogens is 274 g/mol. The maximum absolute atomic E-state index is 12.1. The average molecular weight is 293 g/mol. The highest BCUT2D eigenvalue weighted by Gasteiger charge is 2.19. The SMILES string of the molecule is O=S(=O)(NCC1CCCC1)c1ccc(C#CCO)cc1. The molecule has 0 amide bonds. The molecule has 1 aromatic rings. The zero-order valence-electron chi connectivity index (χ0n) is 11.3. The fourth-order valence-corrected chi connectivity index (χ4v) is 3.50. The molecule has 0 aliphatic heterocycles. The predicted molar refractivity (Wildman–Crippen MR) is 77.6 cm³/mol. The monoisotopic (exact) mass is 293 g/mol. The van der Waals surface area contributed by atoms with Crippen LogP contribution in [0.2, 0.25) is 0 Å². The third kappa shape index (κ3) is 4.07. The van der Waals surface area contributed by atoms with Crippen LogP contribution < -0.4 is 4.72 Å². The van der Waals surface area contributed by atoms with Gasteiger partial charge in [0, 0.05) is 12.1 Å². The van der Waals surface area contributed by atoms with Crippen LogP contribution >= 0.6 is 0 Å². The van der Waals surface area contributed by atoms with Crippen molar-refractivity contribution < 1.29 is 13.5 Å². The van der Waals surface area contributed by atoms with Crippen molar-refractivity contribution in [3.05, 3.63) is 29.8 Å². The van der Waals surface area contributed by atoms with Crippen LogP contribution in [0.25, 0.3) is 0 Å². The number of nitrogens with one attached hydrogen (secondary N) is 1. The van der Waals surface area contributed by atoms with E-state index in [0.29, 0.717) is 18.0 Å². The van der Waals surface area contributed by atoms with Crippen LogP contribution in [0.1, 0.15) is 31.2 Å². The highest BCUT2D eigenvalue weighted by atomic mass is 32.2. The molecule has 108 valence electrons. The topological polar surface area (TPSA) is 66.4 Å². The molecule has 2 rings (SSSR count). The van der Waals surface area contributed by atoms with Crippen LogP contribution in [0.3, 0.4) is 0 Å². The van der Waals surface area contributed by atoms with Crippen molar-refractivity contribution in [2.45, 2.75) is 30.6 Å². The minimum Gasteiger partial charge on any atom is -0.384 e. The summed E-state index contributed by atoms with van der Waals surface area (Å²) < 4.78 is 26.9. The first kappa shape index (κ1) is 15.0. The Kier molecular flexibility index (Phi) is 5.18. The number of sulfonamides is 1. The summed E-state index contributed by atoms with van der Waals surface area (Å²) in [5, 5.41) is 8.61. The van der Waals surface area contributed by atoms with E-state index in [9.17, 15) is 8.42 Å². The Morgan fingerprint density at radius 2 is 1.85 bits per heavy atom. The third-order valence-corrected chi connectivity index (χ3v) is 4.95. The number of benzene rings is 1. The summed E-state index contributed by atoms with van der Waals surface area (Å²) in [6.07, 6.45) is 4.62. The van der Waals surface area contributed by atoms with E-state index >= 15 is 0 Å². The molecule has 1 aliphatic carbocycles. The van der Waals surface area contributed by atoms with Crippen molar-refractivity contribution in [2.75, 3.05) is 13.2 Å². The first-order chi connectivity index (χ1) is 9.62. The molecule has 0 radical (unpaired) electrons. The van der Waals surface area contributed by atoms with Gasteiger partial charge in [-0.15, -0.1) is 0 Å². The molecule has 1 saturated carbocycles. The Morgan fingerprint density at radius 1 is 1.20 bits per heavy atom. The van der Waals surface area contributed by atoms with Gasteiger partial charge in [-0.05, 0) is 43.0 Å². The molecule has 5 heteroatoms. The molecule has 0 heterocycles. The standard InChI is InChI=1S/C15H19NO3S/c17-11-3-6-13-7-9-15(10-8-13)20(18,19)16-12-14-4-1-2-5-14/h7-10,14,16-17H,1-2,4-5,11-12H2. The van der Waals surface area contributed by atoms with Crippen LogP contribution in [-0.2, 0) is 10.0 Å². The Morgan fingerprint density at radius 3 is 2.45 bits per heavy atom. The Labute approximate surface area is 120 Å². The molecule has 1 fully saturated rings. The Balaban J connectivity index is 2.01. The summed E-state index contributed by atoms with van der Waals surface area (Å²) in [5.74, 6) is 5.73. The lowest BCUT2D eigenvalue weighted by molar-refractivity contribution is 0.350. The highest BCUT2D eigenvalue weighted by molar-refractivity contribution is 7.89. The molecule has 20 heavy (non-hydrogen) atoms. The molecule has 4 nitrogen and oxygen atoms in total. The number of rotatable bonds is 4. The summed E-state index contributed by atoms with van der Waals surface area (Å²) in [6.45, 7) is 0.317. The second kappa shape index (κ2) is 6.89. The molecule has 0 spiro atoms. The largest absolute Gasteiger partial charge is 0.384 e. The van der Waals surface area contributed by atoms with Gasteiger partial charge in [-0.25, -0.2) is 13.1 Å². The third-order valence-electron chi connectivity index (χ3n) is 3.51. The fourth-order valence-electron chi connectivity index (χ4n) is 2.38. The molecular formula is C15H19NO3S. The Hall–Kier alpha value is -1.35. The fraction of sp³-hybridized carbons (Fsp3) is 0.467. The minimum atomic E-state index is -3.43. The lowest BCUT2D eigenvalue weighted by Crippen LogP contribution is -2.28. The van der Waals surface area contributed by atoms with Gasteiger partial charge in [0.25, 0.3) is 0 Å². The second-order valence-corrected chi connectivity index (χ2v) is 6.75. The maximum atomic E-state index is 12.1. The van der Waals surface area contributed by atoms with Gasteiger partial charge in [0.1, 0.15) is 6.61 Å². The van der Waals surface area contributed by atoms with Gasteiger partial charge in [0.15, 0.2) is 0 Å². The zero-order valence-corrected chi connectivity index (χ0v) is 12.1. The van der Waals surface area contributed by atoms with Gasteiger partial charge in [-0.3, -0.25) is 0 Å². The van der Waals surface area contributed by atoms with E-state index in [1.165, 1.54) is 12.8 Å². The lowest BCUT2D eigenvalue weighted by atomic mass is 10.1. The average Bonchev–Trinajstić information content (AvgIpc) is 2.97. The van der Waals surface area contributed by atoms with Crippen LogP contribution in [0, 0.1) is 17.8 Å². The van der Waals surface area contributed by atoms with Gasteiger partial charge in [-0.1, -0.05) is 24.7 Å². The molecule has 1 aliphatic rings. The van der Waals surface area contributed by atoms with Crippen molar-refractivity contribution in [1.29, 1.82) is 0 Å². The van der Waals surface area contributed by atoms with E-state index < -0.39 is 10.0 Å². The van der Waals surface area contributed by atoms with Crippen LogP contribution in [0.5, 0.6) is 0 Å². The Bertz CT molecular complexity index is 590. The second-order valence-electron chi connectivity index (χ2n) is 4.99. The van der Waals surface area contributed by atoms with Crippen LogP contribution in [-0.4, -0.2) is 26.7 Å². The first-order valence-corrected chi connectivity index (χ1v) is 8.29. The molecule has 0 aromatic heterocycles. The number of aliphatic hydroxyl groups excluding tert-OH is 1. The highest BCUT2D eigenvalue weighted by Crippen LogP contribution is 2.24. The summed E-state index contributed by atoms with van der Waals surface area (Å²) >= 11 is 0. The summed E-state index contributed by atoms with van der Waals surface area (Å²) in [6, 6.07) is 6.37. The van der Waals surface area contributed by atoms with Gasteiger partial charge >= 0.3 is 0 Å². The number of aliphatic hydroxyl groups is 1. The first-order valence-electron chi connectivity index (χ1n) is 6.81. The van der Waals surface area contributed by atoms with E-state index in [1.807, 2.05) is 0 Å². The van der Waals surface area contributed by atoms with Gasteiger partial charge in [-0.2, -0.15) is 0 Å². The van der Waals surface area contributed by atoms with E-state index in [4.69, 9.17) is 5.11 Å². The maximum Gasteiger partial charge on any atom is 0.240 e. The van der Waals surface area contributed by atoms with Crippen molar-refractivity contribution >= 4 is 10.0 Å². The normalized spacial score (nSPS) is 15.8. The molecule has 0 atom stereocenters. The zero-order chi connectivity index (χ0) is 14.4. The van der Waals surface area contributed by atoms with Gasteiger partial charge in [0.2, 0.25) is 10.0 Å². The summed E-state index contributed by atoms with van der Waals surface area (Å²) in [5.41, 5.74) is 0.689. The molecule has 1 aromatic carbocycles. The lowest BCUT2D eigenvalue weighted by Gasteiger charge is -2.11. The van der Waals surface area contributed by atoms with Crippen LogP contribution in [0.15, 0.2) is 29.2 Å². The van der Waals surface area contributed by atoms with E-state index in [0.717, 1.165) is 12.8 Å². The van der Waals surface area contributed by atoms with Gasteiger partial charge in [0.05, 0.1) is 4.90 Å². The van der Waals surface area contributed by atoms with Crippen molar-refractivity contribution in [3.8, 4) is 11.8 Å². The van der Waals surface area contributed by atoms with E-state index in [2.05, 4.69) is 16.6 Å². The van der Waals surface area contributed by atoms with Crippen LogP contribution in [0.4, 0.5) is 0 Å². The molecule has 0 saturated heterocycles. The number of hydrogen-bond acceptors (Lipinski definition) is 3. The van der Waals surface area contributed by atoms with Crippen molar-refractivity contribution in [3.63, 3.8) is 0 Å². The van der Waals surface area contributed by atoms with E-state index in [1.54, 1.807) is 24.3 Å². The molecule has 0 bridgehead atoms. The van der Waals surface area contributed by atoms with Gasteiger partial charge < -0.3 is 5.11 Å². The minimum absolute atomic E-state index is 0.205. The summed E-state index contributed by atoms with van der Waals surface area (Å²) in [7, 11) is -3.43. The van der Waals surface area contributed by atoms with Crippen molar-refractivity contribution in [1.82, 2.24) is 4.72 Å². The quantitative estimate of drug-likeness (QED) is 0.827. The van der Waals surface area contributed by atoms with Crippen molar-refractivity contribution in [2.24, 2.45) is 5.92 Å². The number of hydrogen-bond donors (Lipinski definition) is 2. The smallest absolute Gasteiger partial charge is 0.240 e. The summed E-state index contributed by atoms with van der Waals surface area (Å²) in [4.78, 5) is 0.255. The predicted octanol–water partition coefficient (Wildman–Crippen LogP) is 1.50. The molecule has 0 unspecified atom stereocenters.